The van der Waals surface area contributed by atoms with Gasteiger partial charge in [0.15, 0.2) is 0 Å². The predicted molar refractivity (Wildman–Crippen MR) is 111 cm³/mol. The van der Waals surface area contributed by atoms with Gasteiger partial charge in [0.2, 0.25) is 0 Å². The van der Waals surface area contributed by atoms with Crippen molar-refractivity contribution in [3.8, 4) is 11.4 Å². The maximum atomic E-state index is 14.0. The molecule has 0 aliphatic rings. The largest absolute Gasteiger partial charge is 0.494 e. The first-order chi connectivity index (χ1) is 14.4. The number of benzene rings is 1. The minimum Gasteiger partial charge on any atom is -0.494 e. The van der Waals surface area contributed by atoms with E-state index in [-0.39, 0.29) is 27.3 Å². The number of halogens is 3. The topological polar surface area (TPSA) is 69.0 Å². The fourth-order valence-electron chi connectivity index (χ4n) is 2.97. The second kappa shape index (κ2) is 8.00. The van der Waals surface area contributed by atoms with Crippen LogP contribution < -0.4 is 10.1 Å². The fraction of sp³-hybridized carbons (Fsp3) is 0.150. The number of carbonyl (C=O) groups excluding carboxylic acids is 1. The lowest BCUT2D eigenvalue weighted by Crippen LogP contribution is -2.23. The molecule has 0 spiro atoms. The number of nitrogens with zero attached hydrogens (tertiary/aromatic N) is 3. The molecule has 0 saturated carbocycles. The molecule has 4 aromatic rings. The molecule has 1 N–H and O–H groups in total. The highest BCUT2D eigenvalue weighted by molar-refractivity contribution is 7.19. The number of thiophene rings is 1. The van der Waals surface area contributed by atoms with Crippen LogP contribution in [0, 0.1) is 18.6 Å². The average Bonchev–Trinajstić information content (AvgIpc) is 3.32. The molecule has 0 fully saturated rings. The van der Waals surface area contributed by atoms with Gasteiger partial charge in [0.1, 0.15) is 28.8 Å². The van der Waals surface area contributed by atoms with Gasteiger partial charge in [-0.15, -0.1) is 11.3 Å². The highest BCUT2D eigenvalue weighted by atomic mass is 35.5. The number of methoxy groups -OCH3 is 1. The zero-order valence-corrected chi connectivity index (χ0v) is 17.4. The highest BCUT2D eigenvalue weighted by Crippen LogP contribution is 2.38. The Morgan fingerprint density at radius 1 is 1.30 bits per heavy atom. The molecule has 10 heteroatoms. The number of pyridine rings is 1. The van der Waals surface area contributed by atoms with Gasteiger partial charge in [0.25, 0.3) is 5.91 Å². The molecular formula is C20H15ClF2N4O2S. The molecule has 0 aliphatic heterocycles. The molecule has 0 atom stereocenters. The van der Waals surface area contributed by atoms with Gasteiger partial charge in [0, 0.05) is 17.1 Å². The highest BCUT2D eigenvalue weighted by Gasteiger charge is 2.19. The summed E-state index contributed by atoms with van der Waals surface area (Å²) in [5.74, 6) is -1.21. The number of nitrogens with one attached hydrogen (secondary N) is 1. The van der Waals surface area contributed by atoms with Crippen molar-refractivity contribution in [1.82, 2.24) is 19.9 Å². The van der Waals surface area contributed by atoms with E-state index in [9.17, 15) is 13.6 Å². The summed E-state index contributed by atoms with van der Waals surface area (Å²) in [7, 11) is 1.49. The number of rotatable bonds is 5. The quantitative estimate of drug-likeness (QED) is 0.482. The van der Waals surface area contributed by atoms with Crippen molar-refractivity contribution in [3.05, 3.63) is 69.8 Å². The molecule has 1 aromatic carbocycles. The van der Waals surface area contributed by atoms with Crippen LogP contribution in [0.5, 0.6) is 5.75 Å². The van der Waals surface area contributed by atoms with Crippen LogP contribution in [-0.4, -0.2) is 27.6 Å². The summed E-state index contributed by atoms with van der Waals surface area (Å²) >= 11 is 7.20. The zero-order valence-electron chi connectivity index (χ0n) is 15.9. The minimum atomic E-state index is -0.609. The number of imidazole rings is 1. The summed E-state index contributed by atoms with van der Waals surface area (Å²) in [6, 6.07) is 3.58. The van der Waals surface area contributed by atoms with Gasteiger partial charge in [-0.3, -0.25) is 4.79 Å². The normalized spacial score (nSPS) is 11.1. The van der Waals surface area contributed by atoms with Gasteiger partial charge in [-0.2, -0.15) is 0 Å². The van der Waals surface area contributed by atoms with Gasteiger partial charge in [-0.1, -0.05) is 11.6 Å². The SMILES string of the molecule is COc1cc(C(=O)NCc2sc3c(F)ccc(F)c3c2Cl)ncc1-n1cnc(C)c1. The van der Waals surface area contributed by atoms with Crippen LogP contribution in [0.15, 0.2) is 36.9 Å². The van der Waals surface area contributed by atoms with Gasteiger partial charge < -0.3 is 14.6 Å². The van der Waals surface area contributed by atoms with Crippen LogP contribution in [0.1, 0.15) is 21.1 Å². The third-order valence-electron chi connectivity index (χ3n) is 4.45. The van der Waals surface area contributed by atoms with E-state index in [1.807, 2.05) is 6.92 Å². The lowest BCUT2D eigenvalue weighted by atomic mass is 10.2. The van der Waals surface area contributed by atoms with Crippen molar-refractivity contribution in [2.45, 2.75) is 13.5 Å². The first kappa shape index (κ1) is 20.2. The van der Waals surface area contributed by atoms with E-state index < -0.39 is 17.5 Å². The second-order valence-electron chi connectivity index (χ2n) is 6.42. The fourth-order valence-corrected chi connectivity index (χ4v) is 4.45. The second-order valence-corrected chi connectivity index (χ2v) is 7.90. The number of amides is 1. The molecule has 0 bridgehead atoms. The Hall–Kier alpha value is -3.04. The van der Waals surface area contributed by atoms with Gasteiger partial charge in [-0.25, -0.2) is 18.7 Å². The van der Waals surface area contributed by atoms with Gasteiger partial charge in [-0.05, 0) is 19.1 Å². The molecule has 154 valence electrons. The Bertz CT molecular complexity index is 1270. The summed E-state index contributed by atoms with van der Waals surface area (Å²) in [5, 5.41) is 2.78. The van der Waals surface area contributed by atoms with Crippen LogP contribution in [0.2, 0.25) is 5.02 Å². The minimum absolute atomic E-state index is 0.00234. The van der Waals surface area contributed by atoms with Crippen molar-refractivity contribution in [3.63, 3.8) is 0 Å². The summed E-state index contributed by atoms with van der Waals surface area (Å²) < 4.78 is 35.2. The molecule has 3 heterocycles. The van der Waals surface area contributed by atoms with Crippen molar-refractivity contribution in [2.24, 2.45) is 0 Å². The van der Waals surface area contributed by atoms with E-state index in [1.165, 1.54) is 19.4 Å². The Morgan fingerprint density at radius 3 is 2.73 bits per heavy atom. The Morgan fingerprint density at radius 2 is 2.07 bits per heavy atom. The zero-order chi connectivity index (χ0) is 21.4. The Balaban J connectivity index is 1.56. The number of aromatic nitrogens is 3. The Kier molecular flexibility index (Phi) is 5.40. The molecule has 0 radical (unpaired) electrons. The number of fused-ring (bicyclic) bond motifs is 1. The molecule has 3 aromatic heterocycles. The first-order valence-electron chi connectivity index (χ1n) is 8.77. The van der Waals surface area contributed by atoms with Crippen molar-refractivity contribution in [2.75, 3.05) is 7.11 Å². The predicted octanol–water partition coefficient (Wildman–Crippen LogP) is 4.66. The van der Waals surface area contributed by atoms with Crippen LogP contribution in [-0.2, 0) is 6.54 Å². The molecule has 0 unspecified atom stereocenters. The van der Waals surface area contributed by atoms with Crippen LogP contribution in [0.4, 0.5) is 8.78 Å². The first-order valence-corrected chi connectivity index (χ1v) is 9.96. The van der Waals surface area contributed by atoms with E-state index >= 15 is 0 Å². The average molecular weight is 449 g/mol. The van der Waals surface area contributed by atoms with Crippen molar-refractivity contribution in [1.29, 1.82) is 0 Å². The van der Waals surface area contributed by atoms with Crippen LogP contribution in [0.3, 0.4) is 0 Å². The molecular weight excluding hydrogens is 434 g/mol. The van der Waals surface area contributed by atoms with E-state index in [1.54, 1.807) is 17.1 Å². The maximum Gasteiger partial charge on any atom is 0.270 e. The number of ether oxygens (including phenoxy) is 1. The maximum absolute atomic E-state index is 14.0. The van der Waals surface area contributed by atoms with Gasteiger partial charge in [0.05, 0.1) is 47.0 Å². The summed E-state index contributed by atoms with van der Waals surface area (Å²) in [5.41, 5.74) is 1.59. The van der Waals surface area contributed by atoms with Gasteiger partial charge >= 0.3 is 0 Å². The smallest absolute Gasteiger partial charge is 0.270 e. The lowest BCUT2D eigenvalue weighted by Gasteiger charge is -2.10. The third-order valence-corrected chi connectivity index (χ3v) is 6.17. The van der Waals surface area contributed by atoms with Crippen molar-refractivity contribution >= 4 is 38.9 Å². The van der Waals surface area contributed by atoms with Crippen LogP contribution in [0.25, 0.3) is 15.8 Å². The number of aryl methyl sites for hydroxylation is 1. The van der Waals surface area contributed by atoms with Crippen molar-refractivity contribution < 1.29 is 18.3 Å². The van der Waals surface area contributed by atoms with Crippen LogP contribution >= 0.6 is 22.9 Å². The standard InChI is InChI=1S/C20H15ClF2N4O2S/c1-10-8-27(9-26-10)14-6-24-13(5-15(14)29-2)20(28)25-7-16-18(21)17-11(22)3-4-12(23)19(17)30-16/h3-6,8-9H,7H2,1-2H3,(H,25,28). The summed E-state index contributed by atoms with van der Waals surface area (Å²) in [4.78, 5) is 21.4. The molecule has 4 rings (SSSR count). The van der Waals surface area contributed by atoms with E-state index in [2.05, 4.69) is 15.3 Å². The van der Waals surface area contributed by atoms with E-state index in [0.717, 1.165) is 29.2 Å². The molecule has 0 aliphatic carbocycles. The molecule has 1 amide bonds. The monoisotopic (exact) mass is 448 g/mol. The molecule has 0 saturated heterocycles. The summed E-state index contributed by atoms with van der Waals surface area (Å²) in [6.45, 7) is 1.86. The Labute approximate surface area is 179 Å². The lowest BCUT2D eigenvalue weighted by molar-refractivity contribution is 0.0946. The van der Waals surface area contributed by atoms with E-state index in [0.29, 0.717) is 16.3 Å². The number of hydrogen-bond acceptors (Lipinski definition) is 5. The summed E-state index contributed by atoms with van der Waals surface area (Å²) in [6.07, 6.45) is 4.93. The van der Waals surface area contributed by atoms with E-state index in [4.69, 9.17) is 16.3 Å². The number of carbonyl (C=O) groups is 1. The number of hydrogen-bond donors (Lipinski definition) is 1. The molecule has 6 nitrogen and oxygen atoms in total. The molecule has 30 heavy (non-hydrogen) atoms. The third kappa shape index (κ3) is 3.61.